The number of benzene rings is 2. The molecule has 2 aromatic carbocycles. The molecule has 3 rings (SSSR count). The average molecular weight is 376 g/mol. The normalized spacial score (nSPS) is 10.8. The van der Waals surface area contributed by atoms with Crippen LogP contribution in [-0.2, 0) is 6.54 Å². The van der Waals surface area contributed by atoms with Gasteiger partial charge in [-0.05, 0) is 23.6 Å². The van der Waals surface area contributed by atoms with Crippen molar-refractivity contribution in [2.24, 2.45) is 0 Å². The molecular formula is C23H24N2O3. The average Bonchev–Trinajstić information content (AvgIpc) is 2.74. The number of amides is 1. The number of rotatable bonds is 8. The summed E-state index contributed by atoms with van der Waals surface area (Å²) in [5, 5.41) is 12.0. The lowest BCUT2D eigenvalue weighted by atomic mass is 9.88. The molecule has 0 saturated heterocycles. The van der Waals surface area contributed by atoms with Crippen LogP contribution in [0.5, 0.6) is 0 Å². The van der Waals surface area contributed by atoms with Crippen LogP contribution in [0.25, 0.3) is 0 Å². The van der Waals surface area contributed by atoms with Crippen molar-refractivity contribution in [1.29, 1.82) is 0 Å². The fourth-order valence-corrected chi connectivity index (χ4v) is 3.28. The van der Waals surface area contributed by atoms with Gasteiger partial charge in [0.15, 0.2) is 0 Å². The smallest absolute Gasteiger partial charge is 0.252 e. The summed E-state index contributed by atoms with van der Waals surface area (Å²) >= 11 is 0. The predicted octanol–water partition coefficient (Wildman–Crippen LogP) is 2.79. The van der Waals surface area contributed by atoms with E-state index < -0.39 is 0 Å². The van der Waals surface area contributed by atoms with E-state index in [0.717, 1.165) is 6.42 Å². The van der Waals surface area contributed by atoms with Crippen LogP contribution < -0.4 is 10.9 Å². The van der Waals surface area contributed by atoms with E-state index in [1.54, 1.807) is 0 Å². The first-order chi connectivity index (χ1) is 13.7. The molecule has 2 N–H and O–H groups in total. The lowest BCUT2D eigenvalue weighted by Gasteiger charge is -2.18. The highest BCUT2D eigenvalue weighted by molar-refractivity contribution is 5.93. The number of carbonyl (C=O) groups excluding carboxylic acids is 1. The maximum atomic E-state index is 12.5. The molecule has 28 heavy (non-hydrogen) atoms. The summed E-state index contributed by atoms with van der Waals surface area (Å²) in [6, 6.07) is 23.3. The van der Waals surface area contributed by atoms with Crippen molar-refractivity contribution in [3.63, 3.8) is 0 Å². The van der Waals surface area contributed by atoms with E-state index >= 15 is 0 Å². The maximum absolute atomic E-state index is 12.5. The molecule has 0 atom stereocenters. The van der Waals surface area contributed by atoms with E-state index in [2.05, 4.69) is 29.6 Å². The third kappa shape index (κ3) is 4.96. The largest absolute Gasteiger partial charge is 0.395 e. The van der Waals surface area contributed by atoms with E-state index in [1.165, 1.54) is 34.0 Å². The molecule has 0 aliphatic rings. The molecule has 0 spiro atoms. The number of hydrogen-bond acceptors (Lipinski definition) is 3. The van der Waals surface area contributed by atoms with Gasteiger partial charge in [-0.25, -0.2) is 0 Å². The molecule has 0 aliphatic carbocycles. The molecule has 3 aromatic rings. The van der Waals surface area contributed by atoms with Gasteiger partial charge in [-0.1, -0.05) is 60.7 Å². The van der Waals surface area contributed by atoms with Gasteiger partial charge >= 0.3 is 0 Å². The van der Waals surface area contributed by atoms with Crippen LogP contribution >= 0.6 is 0 Å². The van der Waals surface area contributed by atoms with Crippen LogP contribution in [-0.4, -0.2) is 28.7 Å². The van der Waals surface area contributed by atoms with Gasteiger partial charge in [-0.2, -0.15) is 0 Å². The van der Waals surface area contributed by atoms with E-state index in [9.17, 15) is 9.59 Å². The van der Waals surface area contributed by atoms with Crippen LogP contribution in [0, 0.1) is 0 Å². The van der Waals surface area contributed by atoms with Gasteiger partial charge in [0.25, 0.3) is 11.5 Å². The van der Waals surface area contributed by atoms with Crippen LogP contribution in [0.2, 0.25) is 0 Å². The standard InChI is InChI=1S/C23H24N2O3/c26-16-15-25-17-20(11-12-22(25)27)23(28)24-14-13-21(18-7-3-1-4-8-18)19-9-5-2-6-10-19/h1-12,17,21,26H,13-16H2,(H,24,28). The van der Waals surface area contributed by atoms with Crippen molar-refractivity contribution in [3.05, 3.63) is 106 Å². The Hall–Kier alpha value is -3.18. The predicted molar refractivity (Wildman–Crippen MR) is 109 cm³/mol. The summed E-state index contributed by atoms with van der Waals surface area (Å²) in [5.41, 5.74) is 2.58. The molecule has 5 heteroatoms. The van der Waals surface area contributed by atoms with Gasteiger partial charge in [-0.3, -0.25) is 9.59 Å². The topological polar surface area (TPSA) is 71.3 Å². The van der Waals surface area contributed by atoms with Gasteiger partial charge in [0.2, 0.25) is 0 Å². The Kier molecular flexibility index (Phi) is 6.76. The Morgan fingerprint density at radius 1 is 0.929 bits per heavy atom. The molecule has 144 valence electrons. The Morgan fingerprint density at radius 2 is 1.54 bits per heavy atom. The van der Waals surface area contributed by atoms with Gasteiger partial charge in [0.05, 0.1) is 12.2 Å². The zero-order chi connectivity index (χ0) is 19.8. The van der Waals surface area contributed by atoms with Crippen LogP contribution in [0.1, 0.15) is 33.8 Å². The Labute approximate surface area is 164 Å². The first kappa shape index (κ1) is 19.6. The summed E-state index contributed by atoms with van der Waals surface area (Å²) in [7, 11) is 0. The number of aliphatic hydroxyl groups excluding tert-OH is 1. The minimum Gasteiger partial charge on any atom is -0.395 e. The van der Waals surface area contributed by atoms with Crippen molar-refractivity contribution in [1.82, 2.24) is 9.88 Å². The number of carbonyl (C=O) groups is 1. The summed E-state index contributed by atoms with van der Waals surface area (Å²) in [5.74, 6) is -0.0439. The van der Waals surface area contributed by atoms with E-state index in [-0.39, 0.29) is 30.5 Å². The highest BCUT2D eigenvalue weighted by Gasteiger charge is 2.15. The molecule has 1 amide bonds. The summed E-state index contributed by atoms with van der Waals surface area (Å²) in [4.78, 5) is 24.2. The molecule has 0 radical (unpaired) electrons. The van der Waals surface area contributed by atoms with Gasteiger partial charge in [0, 0.05) is 31.3 Å². The van der Waals surface area contributed by atoms with Crippen LogP contribution in [0.15, 0.2) is 83.8 Å². The van der Waals surface area contributed by atoms with Crippen LogP contribution in [0.3, 0.4) is 0 Å². The summed E-state index contributed by atoms with van der Waals surface area (Å²) in [6.45, 7) is 0.525. The SMILES string of the molecule is O=C(NCCC(c1ccccc1)c1ccccc1)c1ccc(=O)n(CCO)c1. The third-order valence-electron chi connectivity index (χ3n) is 4.71. The van der Waals surface area contributed by atoms with Gasteiger partial charge < -0.3 is 15.0 Å². The van der Waals surface area contributed by atoms with E-state index in [1.807, 2.05) is 36.4 Å². The molecule has 5 nitrogen and oxygen atoms in total. The number of aromatic nitrogens is 1. The summed E-state index contributed by atoms with van der Waals surface area (Å²) < 4.78 is 1.34. The first-order valence-corrected chi connectivity index (χ1v) is 9.38. The van der Waals surface area contributed by atoms with E-state index in [4.69, 9.17) is 5.11 Å². The monoisotopic (exact) mass is 376 g/mol. The lowest BCUT2D eigenvalue weighted by Crippen LogP contribution is -2.28. The fourth-order valence-electron chi connectivity index (χ4n) is 3.28. The molecule has 0 aliphatic heterocycles. The first-order valence-electron chi connectivity index (χ1n) is 9.38. The molecule has 1 aromatic heterocycles. The number of aliphatic hydroxyl groups is 1. The molecular weight excluding hydrogens is 352 g/mol. The van der Waals surface area contributed by atoms with E-state index in [0.29, 0.717) is 12.1 Å². The number of nitrogens with one attached hydrogen (secondary N) is 1. The molecule has 1 heterocycles. The second-order valence-electron chi connectivity index (χ2n) is 6.59. The number of pyridine rings is 1. The minimum absolute atomic E-state index is 0.152. The van der Waals surface area contributed by atoms with Crippen molar-refractivity contribution in [3.8, 4) is 0 Å². The van der Waals surface area contributed by atoms with Crippen molar-refractivity contribution >= 4 is 5.91 Å². The zero-order valence-corrected chi connectivity index (χ0v) is 15.6. The van der Waals surface area contributed by atoms with Crippen molar-refractivity contribution < 1.29 is 9.90 Å². The molecule has 0 bridgehead atoms. The lowest BCUT2D eigenvalue weighted by molar-refractivity contribution is 0.0951. The number of hydrogen-bond donors (Lipinski definition) is 2. The molecule has 0 saturated carbocycles. The number of nitrogens with zero attached hydrogens (tertiary/aromatic N) is 1. The highest BCUT2D eigenvalue weighted by atomic mass is 16.3. The molecule has 0 fully saturated rings. The quantitative estimate of drug-likeness (QED) is 0.635. The van der Waals surface area contributed by atoms with Gasteiger partial charge in [-0.15, -0.1) is 0 Å². The second-order valence-corrected chi connectivity index (χ2v) is 6.59. The fraction of sp³-hybridized carbons (Fsp3) is 0.217. The van der Waals surface area contributed by atoms with Crippen LogP contribution in [0.4, 0.5) is 0 Å². The Bertz CT molecular complexity index is 913. The Balaban J connectivity index is 1.68. The molecule has 0 unspecified atom stereocenters. The van der Waals surface area contributed by atoms with Gasteiger partial charge in [0.1, 0.15) is 0 Å². The Morgan fingerprint density at radius 3 is 2.11 bits per heavy atom. The zero-order valence-electron chi connectivity index (χ0n) is 15.6. The highest BCUT2D eigenvalue weighted by Crippen LogP contribution is 2.27. The maximum Gasteiger partial charge on any atom is 0.252 e. The third-order valence-corrected chi connectivity index (χ3v) is 4.71. The summed E-state index contributed by atoms with van der Waals surface area (Å²) in [6.07, 6.45) is 2.25. The minimum atomic E-state index is -0.237. The second kappa shape index (κ2) is 9.67. The van der Waals surface area contributed by atoms with Crippen molar-refractivity contribution in [2.45, 2.75) is 18.9 Å². The van der Waals surface area contributed by atoms with Crippen molar-refractivity contribution in [2.75, 3.05) is 13.2 Å².